The van der Waals surface area contributed by atoms with Crippen LogP contribution in [0.4, 0.5) is 0 Å². The number of fused-ring (bicyclic) bond motifs is 2. The lowest BCUT2D eigenvalue weighted by atomic mass is 9.87. The van der Waals surface area contributed by atoms with Crippen LogP contribution in [0.5, 0.6) is 11.6 Å². The van der Waals surface area contributed by atoms with Gasteiger partial charge in [0.25, 0.3) is 6.02 Å². The van der Waals surface area contributed by atoms with E-state index >= 15 is 0 Å². The van der Waals surface area contributed by atoms with Crippen LogP contribution in [0.1, 0.15) is 48.9 Å². The van der Waals surface area contributed by atoms with Gasteiger partial charge in [-0.25, -0.2) is 4.98 Å². The number of nitrogens with zero attached hydrogens (tertiary/aromatic N) is 3. The van der Waals surface area contributed by atoms with E-state index in [1.807, 2.05) is 45.0 Å². The molecule has 3 aromatic rings. The van der Waals surface area contributed by atoms with Crippen LogP contribution < -0.4 is 10.5 Å². The second-order valence-corrected chi connectivity index (χ2v) is 8.77. The zero-order valence-electron chi connectivity index (χ0n) is 18.6. The van der Waals surface area contributed by atoms with E-state index in [0.29, 0.717) is 17.2 Å². The Balaban J connectivity index is 1.80. The Morgan fingerprint density at radius 3 is 2.67 bits per heavy atom. The Hall–Kier alpha value is -4.36. The molecule has 0 unspecified atom stereocenters. The van der Waals surface area contributed by atoms with Gasteiger partial charge in [-0.3, -0.25) is 10.4 Å². The quantitative estimate of drug-likeness (QED) is 0.352. The molecule has 0 aliphatic carbocycles. The summed E-state index contributed by atoms with van der Waals surface area (Å²) in [5, 5.41) is 16.7. The molecule has 164 valence electrons. The van der Waals surface area contributed by atoms with Crippen molar-refractivity contribution < 1.29 is 9.47 Å². The molecule has 2 aromatic heterocycles. The monoisotopic (exact) mass is 437 g/mol. The molecule has 1 aliphatic rings. The lowest BCUT2D eigenvalue weighted by Gasteiger charge is -2.28. The summed E-state index contributed by atoms with van der Waals surface area (Å²) in [6.07, 6.45) is 4.93. The highest BCUT2D eigenvalue weighted by Gasteiger charge is 2.30. The second-order valence-electron chi connectivity index (χ2n) is 8.77. The predicted octanol–water partition coefficient (Wildman–Crippen LogP) is 4.56. The molecule has 0 amide bonds. The number of nitriles is 1. The minimum Gasteiger partial charge on any atom is -0.465 e. The fraction of sp³-hybridized carbons (Fsp3) is 0.231. The Labute approximate surface area is 192 Å². The summed E-state index contributed by atoms with van der Waals surface area (Å²) in [7, 11) is 0. The first-order chi connectivity index (χ1) is 15.7. The van der Waals surface area contributed by atoms with Crippen molar-refractivity contribution in [1.82, 2.24) is 9.97 Å². The summed E-state index contributed by atoms with van der Waals surface area (Å²) in [6, 6.07) is 11.3. The summed E-state index contributed by atoms with van der Waals surface area (Å²) >= 11 is 0. The predicted molar refractivity (Wildman–Crippen MR) is 125 cm³/mol. The van der Waals surface area contributed by atoms with Gasteiger partial charge in [0, 0.05) is 46.3 Å². The third-order valence-electron chi connectivity index (χ3n) is 5.03. The maximum atomic E-state index is 9.22. The molecule has 7 nitrogen and oxygen atoms in total. The van der Waals surface area contributed by atoms with Crippen LogP contribution in [0.25, 0.3) is 11.1 Å². The Bertz CT molecular complexity index is 1340. The van der Waals surface area contributed by atoms with Crippen LogP contribution in [-0.4, -0.2) is 22.6 Å². The van der Waals surface area contributed by atoms with E-state index in [0.717, 1.165) is 27.8 Å². The molecule has 0 bridgehead atoms. The fourth-order valence-corrected chi connectivity index (χ4v) is 3.51. The van der Waals surface area contributed by atoms with Gasteiger partial charge in [-0.05, 0) is 50.6 Å². The Morgan fingerprint density at radius 2 is 1.94 bits per heavy atom. The van der Waals surface area contributed by atoms with Gasteiger partial charge in [-0.1, -0.05) is 17.9 Å². The molecule has 33 heavy (non-hydrogen) atoms. The average Bonchev–Trinajstić information content (AvgIpc) is 2.79. The van der Waals surface area contributed by atoms with Gasteiger partial charge in [0.2, 0.25) is 5.88 Å². The standard InChI is InChI=1S/C26H23N5O2/c1-26(2,3)7-6-16-9-21-22(15-32-25(28)29)20-10-18(19-8-17(11-27)12-30-14-19)4-5-23(20)33-24(21)31-13-16/h4-5,8-10,12-14,22H,15H2,1-3H3,(H3,28,29)/t22-/m1/s1. The maximum absolute atomic E-state index is 9.22. The summed E-state index contributed by atoms with van der Waals surface area (Å²) in [4.78, 5) is 8.65. The number of nitrogens with two attached hydrogens (primary N) is 1. The second kappa shape index (κ2) is 8.64. The molecule has 1 atom stereocenters. The highest BCUT2D eigenvalue weighted by molar-refractivity contribution is 5.69. The van der Waals surface area contributed by atoms with Crippen molar-refractivity contribution in [2.24, 2.45) is 11.1 Å². The highest BCUT2D eigenvalue weighted by Crippen LogP contribution is 2.44. The van der Waals surface area contributed by atoms with E-state index in [1.165, 1.54) is 6.20 Å². The van der Waals surface area contributed by atoms with Crippen molar-refractivity contribution in [3.05, 3.63) is 71.2 Å². The molecule has 3 heterocycles. The van der Waals surface area contributed by atoms with E-state index in [4.69, 9.17) is 20.6 Å². The van der Waals surface area contributed by atoms with Crippen molar-refractivity contribution in [3.8, 4) is 40.7 Å². The average molecular weight is 438 g/mol. The number of nitrogens with one attached hydrogen (secondary N) is 1. The molecule has 0 saturated carbocycles. The largest absolute Gasteiger partial charge is 0.465 e. The maximum Gasteiger partial charge on any atom is 0.279 e. The van der Waals surface area contributed by atoms with Crippen molar-refractivity contribution in [2.75, 3.05) is 6.61 Å². The van der Waals surface area contributed by atoms with E-state index in [-0.39, 0.29) is 24.0 Å². The fourth-order valence-electron chi connectivity index (χ4n) is 3.51. The summed E-state index contributed by atoms with van der Waals surface area (Å²) in [6.45, 7) is 6.29. The zero-order valence-corrected chi connectivity index (χ0v) is 18.6. The number of hydrogen-bond donors (Lipinski definition) is 2. The smallest absolute Gasteiger partial charge is 0.279 e. The lowest BCUT2D eigenvalue weighted by Crippen LogP contribution is -2.22. The Kier molecular flexibility index (Phi) is 5.72. The number of pyridine rings is 2. The van der Waals surface area contributed by atoms with Crippen LogP contribution in [0.3, 0.4) is 0 Å². The van der Waals surface area contributed by atoms with Crippen LogP contribution in [-0.2, 0) is 4.74 Å². The van der Waals surface area contributed by atoms with Crippen molar-refractivity contribution in [1.29, 1.82) is 10.7 Å². The normalized spacial score (nSPS) is 13.9. The molecule has 0 saturated heterocycles. The first kappa shape index (κ1) is 21.9. The lowest BCUT2D eigenvalue weighted by molar-refractivity contribution is 0.273. The molecule has 0 fully saturated rings. The molecular weight excluding hydrogens is 414 g/mol. The van der Waals surface area contributed by atoms with Gasteiger partial charge >= 0.3 is 0 Å². The number of ether oxygens (including phenoxy) is 2. The van der Waals surface area contributed by atoms with Crippen molar-refractivity contribution >= 4 is 6.02 Å². The third kappa shape index (κ3) is 4.94. The molecule has 4 rings (SSSR count). The van der Waals surface area contributed by atoms with Gasteiger partial charge in [-0.2, -0.15) is 5.26 Å². The van der Waals surface area contributed by atoms with Gasteiger partial charge < -0.3 is 15.2 Å². The van der Waals surface area contributed by atoms with E-state index in [1.54, 1.807) is 18.5 Å². The third-order valence-corrected chi connectivity index (χ3v) is 5.03. The number of aromatic nitrogens is 2. The molecule has 1 aliphatic heterocycles. The minimum absolute atomic E-state index is 0.142. The zero-order chi connectivity index (χ0) is 23.6. The molecule has 0 radical (unpaired) electrons. The van der Waals surface area contributed by atoms with E-state index in [2.05, 4.69) is 27.9 Å². The van der Waals surface area contributed by atoms with E-state index < -0.39 is 0 Å². The number of benzene rings is 1. The van der Waals surface area contributed by atoms with E-state index in [9.17, 15) is 5.26 Å². The van der Waals surface area contributed by atoms with Crippen LogP contribution in [0.15, 0.2) is 48.9 Å². The molecule has 1 aromatic carbocycles. The molecule has 0 spiro atoms. The number of rotatable bonds is 3. The number of hydrogen-bond acceptors (Lipinski definition) is 6. The first-order valence-electron chi connectivity index (χ1n) is 10.4. The van der Waals surface area contributed by atoms with Gasteiger partial charge in [0.1, 0.15) is 18.4 Å². The van der Waals surface area contributed by atoms with Crippen molar-refractivity contribution in [3.63, 3.8) is 0 Å². The van der Waals surface area contributed by atoms with Crippen LogP contribution in [0.2, 0.25) is 0 Å². The summed E-state index contributed by atoms with van der Waals surface area (Å²) in [5.41, 5.74) is 9.97. The van der Waals surface area contributed by atoms with Crippen molar-refractivity contribution in [2.45, 2.75) is 26.7 Å². The highest BCUT2D eigenvalue weighted by atomic mass is 16.5. The minimum atomic E-state index is -0.358. The molecular formula is C26H23N5O2. The topological polar surface area (TPSA) is 118 Å². The van der Waals surface area contributed by atoms with Gasteiger partial charge in [-0.15, -0.1) is 0 Å². The summed E-state index contributed by atoms with van der Waals surface area (Å²) in [5.74, 6) is 7.25. The first-order valence-corrected chi connectivity index (χ1v) is 10.4. The summed E-state index contributed by atoms with van der Waals surface area (Å²) < 4.78 is 11.5. The molecule has 7 heteroatoms. The number of amidine groups is 1. The van der Waals surface area contributed by atoms with Gasteiger partial charge in [0.05, 0.1) is 11.5 Å². The Morgan fingerprint density at radius 1 is 1.12 bits per heavy atom. The molecule has 3 N–H and O–H groups in total. The SMILES string of the molecule is CC(C)(C)C#Cc1cnc2c(c1)[C@H](COC(=N)N)c1cc(-c3cncc(C#N)c3)ccc1O2. The van der Waals surface area contributed by atoms with Crippen LogP contribution in [0, 0.1) is 34.0 Å². The van der Waals surface area contributed by atoms with Crippen LogP contribution >= 0.6 is 0 Å². The van der Waals surface area contributed by atoms with Gasteiger partial charge in [0.15, 0.2) is 0 Å².